The highest BCUT2D eigenvalue weighted by molar-refractivity contribution is 6.30. The van der Waals surface area contributed by atoms with Gasteiger partial charge in [-0.25, -0.2) is 0 Å². The summed E-state index contributed by atoms with van der Waals surface area (Å²) in [7, 11) is 0. The molecule has 0 aromatic heterocycles. The largest absolute Gasteiger partial charge is 0.464 e. The molecule has 4 nitrogen and oxygen atoms in total. The summed E-state index contributed by atoms with van der Waals surface area (Å²) in [6.45, 7) is 0. The van der Waals surface area contributed by atoms with Gasteiger partial charge in [-0.05, 0) is 41.8 Å². The van der Waals surface area contributed by atoms with Gasteiger partial charge in [-0.1, -0.05) is 30.3 Å². The molecule has 1 aliphatic carbocycles. The Bertz CT molecular complexity index is 1160. The zero-order valence-electron chi connectivity index (χ0n) is 14.5. The summed E-state index contributed by atoms with van der Waals surface area (Å²) >= 11 is 0. The molecule has 1 fully saturated rings. The number of fused-ring (bicyclic) bond motifs is 8. The molecule has 3 aromatic rings. The molecule has 27 heavy (non-hydrogen) atoms. The lowest BCUT2D eigenvalue weighted by molar-refractivity contribution is -0.167. The number of carbonyl (C=O) groups is 2. The van der Waals surface area contributed by atoms with Crippen molar-refractivity contribution < 1.29 is 19.1 Å². The van der Waals surface area contributed by atoms with Crippen molar-refractivity contribution in [2.24, 2.45) is 0 Å². The molecule has 2 unspecified atom stereocenters. The third-order valence-electron chi connectivity index (χ3n) is 5.85. The van der Waals surface area contributed by atoms with Crippen molar-refractivity contribution >= 4 is 22.3 Å². The molecule has 6 rings (SSSR count). The van der Waals surface area contributed by atoms with Crippen LogP contribution in [0, 0.1) is 0 Å². The maximum Gasteiger partial charge on any atom is 0.200 e. The Hall–Kier alpha value is -2.98. The van der Waals surface area contributed by atoms with Crippen LogP contribution in [-0.4, -0.2) is 17.9 Å². The highest BCUT2D eigenvalue weighted by Crippen LogP contribution is 2.46. The second-order valence-corrected chi connectivity index (χ2v) is 7.41. The predicted molar refractivity (Wildman–Crippen MR) is 99.3 cm³/mol. The smallest absolute Gasteiger partial charge is 0.200 e. The number of ether oxygens (including phenoxy) is 2. The molecule has 0 saturated carbocycles. The van der Waals surface area contributed by atoms with Crippen molar-refractivity contribution in [2.45, 2.75) is 31.7 Å². The van der Waals surface area contributed by atoms with Gasteiger partial charge in [0.1, 0.15) is 5.75 Å². The van der Waals surface area contributed by atoms with Crippen LogP contribution in [0.5, 0.6) is 5.75 Å². The summed E-state index contributed by atoms with van der Waals surface area (Å²) in [4.78, 5) is 26.6. The molecule has 3 aromatic carbocycles. The van der Waals surface area contributed by atoms with Crippen molar-refractivity contribution in [1.82, 2.24) is 0 Å². The van der Waals surface area contributed by atoms with Crippen LogP contribution in [0.2, 0.25) is 0 Å². The van der Waals surface area contributed by atoms with E-state index in [1.54, 1.807) is 6.07 Å². The SMILES string of the molecule is O=C1c2cc3ccccc3cc2C(=O)c2c1ccc1c2OC2CCCC1O2. The average Bonchev–Trinajstić information content (AvgIpc) is 2.70. The topological polar surface area (TPSA) is 52.6 Å². The Labute approximate surface area is 155 Å². The molecule has 0 radical (unpaired) electrons. The molecule has 2 heterocycles. The Morgan fingerprint density at radius 3 is 2.33 bits per heavy atom. The van der Waals surface area contributed by atoms with E-state index in [0.29, 0.717) is 28.0 Å². The molecule has 1 saturated heterocycles. The Balaban J connectivity index is 1.60. The Morgan fingerprint density at radius 1 is 0.815 bits per heavy atom. The maximum absolute atomic E-state index is 13.4. The van der Waals surface area contributed by atoms with Crippen LogP contribution in [0.4, 0.5) is 0 Å². The first-order valence-electron chi connectivity index (χ1n) is 9.32. The third-order valence-corrected chi connectivity index (χ3v) is 5.85. The Morgan fingerprint density at radius 2 is 1.56 bits per heavy atom. The second kappa shape index (κ2) is 5.27. The number of hydrogen-bond acceptors (Lipinski definition) is 4. The van der Waals surface area contributed by atoms with E-state index in [0.717, 1.165) is 35.6 Å². The van der Waals surface area contributed by atoms with Gasteiger partial charge in [-0.3, -0.25) is 9.59 Å². The minimum absolute atomic E-state index is 0.0568. The van der Waals surface area contributed by atoms with E-state index in [-0.39, 0.29) is 24.0 Å². The third kappa shape index (κ3) is 2.02. The summed E-state index contributed by atoms with van der Waals surface area (Å²) in [5, 5.41) is 1.91. The normalized spacial score (nSPS) is 22.7. The van der Waals surface area contributed by atoms with E-state index >= 15 is 0 Å². The minimum atomic E-state index is -0.330. The number of hydrogen-bond donors (Lipinski definition) is 0. The van der Waals surface area contributed by atoms with Crippen LogP contribution in [0.3, 0.4) is 0 Å². The van der Waals surface area contributed by atoms with E-state index in [1.807, 2.05) is 42.5 Å². The molecule has 132 valence electrons. The summed E-state index contributed by atoms with van der Waals surface area (Å²) < 4.78 is 11.9. The first kappa shape index (κ1) is 15.1. The highest BCUT2D eigenvalue weighted by atomic mass is 16.7. The predicted octanol–water partition coefficient (Wildman–Crippen LogP) is 4.58. The molecule has 2 atom stereocenters. The van der Waals surface area contributed by atoms with Crippen molar-refractivity contribution in [3.8, 4) is 5.75 Å². The fourth-order valence-electron chi connectivity index (χ4n) is 4.53. The van der Waals surface area contributed by atoms with Gasteiger partial charge in [0.25, 0.3) is 0 Å². The van der Waals surface area contributed by atoms with Crippen LogP contribution in [0.15, 0.2) is 48.5 Å². The number of ketones is 2. The van der Waals surface area contributed by atoms with Gasteiger partial charge in [-0.2, -0.15) is 0 Å². The van der Waals surface area contributed by atoms with Crippen LogP contribution >= 0.6 is 0 Å². The van der Waals surface area contributed by atoms with E-state index in [9.17, 15) is 9.59 Å². The number of benzene rings is 3. The Kier molecular flexibility index (Phi) is 2.95. The first-order chi connectivity index (χ1) is 13.2. The minimum Gasteiger partial charge on any atom is -0.464 e. The summed E-state index contributed by atoms with van der Waals surface area (Å²) in [5.74, 6) is 0.293. The summed E-state index contributed by atoms with van der Waals surface area (Å²) in [6.07, 6.45) is 2.37. The molecule has 4 heteroatoms. The monoisotopic (exact) mass is 356 g/mol. The lowest BCUT2D eigenvalue weighted by Gasteiger charge is -2.38. The van der Waals surface area contributed by atoms with E-state index < -0.39 is 0 Å². The van der Waals surface area contributed by atoms with Crippen molar-refractivity contribution in [3.63, 3.8) is 0 Å². The number of carbonyl (C=O) groups excluding carboxylic acids is 2. The quantitative estimate of drug-likeness (QED) is 0.463. The van der Waals surface area contributed by atoms with E-state index in [2.05, 4.69) is 0 Å². The van der Waals surface area contributed by atoms with Gasteiger partial charge < -0.3 is 9.47 Å². The molecule has 3 aliphatic rings. The highest BCUT2D eigenvalue weighted by Gasteiger charge is 2.40. The van der Waals surface area contributed by atoms with Gasteiger partial charge in [-0.15, -0.1) is 0 Å². The van der Waals surface area contributed by atoms with Crippen molar-refractivity contribution in [1.29, 1.82) is 0 Å². The van der Waals surface area contributed by atoms with Crippen molar-refractivity contribution in [2.75, 3.05) is 0 Å². The molecule has 0 spiro atoms. The summed E-state index contributed by atoms with van der Waals surface area (Å²) in [5.41, 5.74) is 2.65. The lowest BCUT2D eigenvalue weighted by Crippen LogP contribution is -2.34. The van der Waals surface area contributed by atoms with Crippen LogP contribution in [0.1, 0.15) is 62.8 Å². The van der Waals surface area contributed by atoms with Crippen LogP contribution in [0.25, 0.3) is 10.8 Å². The molecule has 0 N–H and O–H groups in total. The zero-order valence-corrected chi connectivity index (χ0v) is 14.5. The molecular weight excluding hydrogens is 340 g/mol. The standard InChI is InChI=1S/C23H16O4/c24-21-15-9-8-14-18-6-3-7-19(26-18)27-23(14)20(15)22(25)17-11-13-5-2-1-4-12(13)10-16(17)21/h1-2,4-5,8-11,18-19H,3,6-7H2. The molecule has 0 amide bonds. The fraction of sp³-hybridized carbons (Fsp3) is 0.217. The van der Waals surface area contributed by atoms with Gasteiger partial charge >= 0.3 is 0 Å². The van der Waals surface area contributed by atoms with Crippen LogP contribution in [-0.2, 0) is 4.74 Å². The van der Waals surface area contributed by atoms with Gasteiger partial charge in [0.2, 0.25) is 6.29 Å². The van der Waals surface area contributed by atoms with E-state index in [4.69, 9.17) is 9.47 Å². The molecule has 2 bridgehead atoms. The second-order valence-electron chi connectivity index (χ2n) is 7.41. The zero-order chi connectivity index (χ0) is 18.1. The fourth-order valence-corrected chi connectivity index (χ4v) is 4.53. The van der Waals surface area contributed by atoms with E-state index in [1.165, 1.54) is 0 Å². The van der Waals surface area contributed by atoms with Crippen molar-refractivity contribution in [3.05, 3.63) is 76.3 Å². The van der Waals surface area contributed by atoms with Gasteiger partial charge in [0.05, 0.1) is 11.7 Å². The average molecular weight is 356 g/mol. The number of rotatable bonds is 0. The van der Waals surface area contributed by atoms with Gasteiger partial charge in [0.15, 0.2) is 11.6 Å². The first-order valence-corrected chi connectivity index (χ1v) is 9.32. The molecule has 2 aliphatic heterocycles. The maximum atomic E-state index is 13.4. The van der Waals surface area contributed by atoms with Crippen LogP contribution < -0.4 is 4.74 Å². The van der Waals surface area contributed by atoms with Gasteiger partial charge in [0, 0.05) is 28.7 Å². The summed E-state index contributed by atoms with van der Waals surface area (Å²) in [6, 6.07) is 15.1. The lowest BCUT2D eigenvalue weighted by atomic mass is 9.80. The molecular formula is C23H16O4.